The first-order chi connectivity index (χ1) is 11.6. The number of hydrogen-bond donors (Lipinski definition) is 2. The maximum atomic E-state index is 12.5. The average molecular weight is 323 g/mol. The lowest BCUT2D eigenvalue weighted by Crippen LogP contribution is -2.28. The standard InChI is InChI=1S/C19H21N3O2/c1-3-13-11-20-9-8-16(13)19(24)21-12(2)14-4-6-17-15(10-14)5-7-18(23)22-17/h4,6,8-12H,3,5,7H2,1-2H3,(H,21,24)(H,22,23). The summed E-state index contributed by atoms with van der Waals surface area (Å²) in [5, 5.41) is 5.92. The molecule has 24 heavy (non-hydrogen) atoms. The second-order valence-corrected chi connectivity index (χ2v) is 6.05. The number of aromatic nitrogens is 1. The summed E-state index contributed by atoms with van der Waals surface area (Å²) < 4.78 is 0. The Labute approximate surface area is 141 Å². The molecule has 5 heteroatoms. The summed E-state index contributed by atoms with van der Waals surface area (Å²) in [6.45, 7) is 3.98. The van der Waals surface area contributed by atoms with Gasteiger partial charge in [-0.2, -0.15) is 0 Å². The maximum Gasteiger partial charge on any atom is 0.252 e. The van der Waals surface area contributed by atoms with E-state index in [2.05, 4.69) is 21.7 Å². The van der Waals surface area contributed by atoms with Gasteiger partial charge in [-0.05, 0) is 48.6 Å². The lowest BCUT2D eigenvalue weighted by Gasteiger charge is -2.20. The highest BCUT2D eigenvalue weighted by Crippen LogP contribution is 2.26. The van der Waals surface area contributed by atoms with Crippen LogP contribution in [0.25, 0.3) is 0 Å². The first-order valence-electron chi connectivity index (χ1n) is 8.25. The summed E-state index contributed by atoms with van der Waals surface area (Å²) in [5.41, 5.74) is 4.63. The Hall–Kier alpha value is -2.69. The van der Waals surface area contributed by atoms with Crippen LogP contribution in [0.15, 0.2) is 36.7 Å². The first kappa shape index (κ1) is 16.2. The maximum absolute atomic E-state index is 12.5. The van der Waals surface area contributed by atoms with Crippen molar-refractivity contribution in [1.29, 1.82) is 0 Å². The molecule has 3 rings (SSSR count). The van der Waals surface area contributed by atoms with E-state index < -0.39 is 0 Å². The molecule has 1 aliphatic rings. The van der Waals surface area contributed by atoms with Gasteiger partial charge < -0.3 is 10.6 Å². The third-order valence-corrected chi connectivity index (χ3v) is 4.40. The molecule has 1 atom stereocenters. The number of hydrogen-bond acceptors (Lipinski definition) is 3. The highest BCUT2D eigenvalue weighted by molar-refractivity contribution is 5.96. The molecule has 0 fully saturated rings. The van der Waals surface area contributed by atoms with Crippen LogP contribution in [0.1, 0.15) is 53.4 Å². The molecule has 1 aliphatic heterocycles. The van der Waals surface area contributed by atoms with Crippen LogP contribution in [0.4, 0.5) is 5.69 Å². The van der Waals surface area contributed by atoms with Crippen LogP contribution in [0.2, 0.25) is 0 Å². The topological polar surface area (TPSA) is 71.1 Å². The lowest BCUT2D eigenvalue weighted by molar-refractivity contribution is -0.116. The largest absolute Gasteiger partial charge is 0.346 e. The van der Waals surface area contributed by atoms with Crippen molar-refractivity contribution < 1.29 is 9.59 Å². The van der Waals surface area contributed by atoms with Crippen LogP contribution in [0, 0.1) is 0 Å². The normalized spacial score (nSPS) is 14.5. The minimum atomic E-state index is -0.113. The summed E-state index contributed by atoms with van der Waals surface area (Å²) in [4.78, 5) is 28.1. The van der Waals surface area contributed by atoms with Crippen molar-refractivity contribution in [3.8, 4) is 0 Å². The van der Waals surface area contributed by atoms with E-state index in [-0.39, 0.29) is 17.9 Å². The monoisotopic (exact) mass is 323 g/mol. The molecule has 0 spiro atoms. The van der Waals surface area contributed by atoms with Crippen LogP contribution in [0.5, 0.6) is 0 Å². The fraction of sp³-hybridized carbons (Fsp3) is 0.316. The molecule has 1 unspecified atom stereocenters. The molecule has 0 saturated carbocycles. The number of carbonyl (C=O) groups is 2. The van der Waals surface area contributed by atoms with Gasteiger partial charge in [0, 0.05) is 30.1 Å². The van der Waals surface area contributed by atoms with Crippen LogP contribution in [0.3, 0.4) is 0 Å². The van der Waals surface area contributed by atoms with E-state index in [1.807, 2.05) is 26.0 Å². The van der Waals surface area contributed by atoms with E-state index >= 15 is 0 Å². The van der Waals surface area contributed by atoms with Gasteiger partial charge in [-0.25, -0.2) is 0 Å². The third kappa shape index (κ3) is 3.30. The Balaban J connectivity index is 1.76. The highest BCUT2D eigenvalue weighted by Gasteiger charge is 2.18. The summed E-state index contributed by atoms with van der Waals surface area (Å²) in [5.74, 6) is -0.0332. The van der Waals surface area contributed by atoms with Crippen molar-refractivity contribution >= 4 is 17.5 Å². The SMILES string of the molecule is CCc1cnccc1C(=O)NC(C)c1ccc2c(c1)CCC(=O)N2. The number of benzene rings is 1. The van der Waals surface area contributed by atoms with E-state index in [9.17, 15) is 9.59 Å². The number of pyridine rings is 1. The second-order valence-electron chi connectivity index (χ2n) is 6.05. The van der Waals surface area contributed by atoms with Gasteiger partial charge in [0.05, 0.1) is 6.04 Å². The van der Waals surface area contributed by atoms with E-state index in [0.717, 1.165) is 35.2 Å². The summed E-state index contributed by atoms with van der Waals surface area (Å²) in [7, 11) is 0. The van der Waals surface area contributed by atoms with Crippen molar-refractivity contribution in [2.45, 2.75) is 39.2 Å². The molecule has 124 valence electrons. The van der Waals surface area contributed by atoms with Crippen molar-refractivity contribution in [1.82, 2.24) is 10.3 Å². The zero-order valence-corrected chi connectivity index (χ0v) is 13.9. The number of fused-ring (bicyclic) bond motifs is 1. The molecular weight excluding hydrogens is 302 g/mol. The molecule has 1 aromatic carbocycles. The Morgan fingerprint density at radius 1 is 1.33 bits per heavy atom. The average Bonchev–Trinajstić information content (AvgIpc) is 2.61. The minimum Gasteiger partial charge on any atom is -0.346 e. The molecule has 1 aromatic heterocycles. The molecule has 2 aromatic rings. The Morgan fingerprint density at radius 3 is 2.96 bits per heavy atom. The van der Waals surface area contributed by atoms with Gasteiger partial charge in [0.15, 0.2) is 0 Å². The van der Waals surface area contributed by atoms with Gasteiger partial charge in [-0.15, -0.1) is 0 Å². The van der Waals surface area contributed by atoms with Gasteiger partial charge in [0.2, 0.25) is 5.91 Å². The summed E-state index contributed by atoms with van der Waals surface area (Å²) in [6.07, 6.45) is 5.39. The third-order valence-electron chi connectivity index (χ3n) is 4.40. The Morgan fingerprint density at radius 2 is 2.17 bits per heavy atom. The van der Waals surface area contributed by atoms with Gasteiger partial charge >= 0.3 is 0 Å². The molecule has 0 bridgehead atoms. The van der Waals surface area contributed by atoms with Crippen LogP contribution in [-0.2, 0) is 17.6 Å². The molecule has 0 radical (unpaired) electrons. The van der Waals surface area contributed by atoms with Gasteiger partial charge in [0.1, 0.15) is 0 Å². The summed E-state index contributed by atoms with van der Waals surface area (Å²) in [6, 6.07) is 7.56. The smallest absolute Gasteiger partial charge is 0.252 e. The zero-order chi connectivity index (χ0) is 17.1. The van der Waals surface area contributed by atoms with E-state index in [0.29, 0.717) is 12.0 Å². The minimum absolute atomic E-state index is 0.0568. The van der Waals surface area contributed by atoms with Crippen LogP contribution < -0.4 is 10.6 Å². The van der Waals surface area contributed by atoms with Crippen LogP contribution in [-0.4, -0.2) is 16.8 Å². The van der Waals surface area contributed by atoms with Gasteiger partial charge in [0.25, 0.3) is 5.91 Å². The van der Waals surface area contributed by atoms with Crippen molar-refractivity contribution in [3.05, 3.63) is 58.9 Å². The second kappa shape index (κ2) is 6.83. The summed E-state index contributed by atoms with van der Waals surface area (Å²) >= 11 is 0. The fourth-order valence-corrected chi connectivity index (χ4v) is 2.96. The fourth-order valence-electron chi connectivity index (χ4n) is 2.96. The van der Waals surface area contributed by atoms with Gasteiger partial charge in [-0.3, -0.25) is 14.6 Å². The molecule has 5 nitrogen and oxygen atoms in total. The lowest BCUT2D eigenvalue weighted by atomic mass is 9.97. The molecule has 0 saturated heterocycles. The first-order valence-corrected chi connectivity index (χ1v) is 8.25. The number of nitrogens with one attached hydrogen (secondary N) is 2. The number of rotatable bonds is 4. The number of nitrogens with zero attached hydrogens (tertiary/aromatic N) is 1. The van der Waals surface area contributed by atoms with Crippen molar-refractivity contribution in [3.63, 3.8) is 0 Å². The Bertz CT molecular complexity index is 786. The van der Waals surface area contributed by atoms with Crippen molar-refractivity contribution in [2.24, 2.45) is 0 Å². The number of aryl methyl sites for hydroxylation is 2. The molecule has 0 aliphatic carbocycles. The van der Waals surface area contributed by atoms with Crippen LogP contribution >= 0.6 is 0 Å². The molecular formula is C19H21N3O2. The molecule has 2 heterocycles. The molecule has 2 N–H and O–H groups in total. The number of anilines is 1. The number of amides is 2. The predicted molar refractivity (Wildman–Crippen MR) is 92.9 cm³/mol. The van der Waals surface area contributed by atoms with E-state index in [4.69, 9.17) is 0 Å². The number of carbonyl (C=O) groups excluding carboxylic acids is 2. The van der Waals surface area contributed by atoms with Gasteiger partial charge in [-0.1, -0.05) is 19.1 Å². The molecule has 2 amide bonds. The highest BCUT2D eigenvalue weighted by atomic mass is 16.2. The Kier molecular flexibility index (Phi) is 4.60. The zero-order valence-electron chi connectivity index (χ0n) is 13.9. The quantitative estimate of drug-likeness (QED) is 0.908. The van der Waals surface area contributed by atoms with E-state index in [1.165, 1.54) is 0 Å². The van der Waals surface area contributed by atoms with E-state index in [1.54, 1.807) is 18.5 Å². The predicted octanol–water partition coefficient (Wildman–Crippen LogP) is 3.02. The van der Waals surface area contributed by atoms with Crippen molar-refractivity contribution in [2.75, 3.05) is 5.32 Å².